The fourth-order valence-corrected chi connectivity index (χ4v) is 1.89. The number of nitrogens with zero attached hydrogens (tertiary/aromatic N) is 1. The van der Waals surface area contributed by atoms with Gasteiger partial charge in [0.05, 0.1) is 6.61 Å². The number of esters is 1. The summed E-state index contributed by atoms with van der Waals surface area (Å²) in [5, 5.41) is 0. The van der Waals surface area contributed by atoms with E-state index in [1.807, 2.05) is 27.7 Å². The van der Waals surface area contributed by atoms with E-state index < -0.39 is 17.2 Å². The van der Waals surface area contributed by atoms with Crippen LogP contribution in [-0.2, 0) is 14.3 Å². The molecule has 1 saturated carbocycles. The van der Waals surface area contributed by atoms with Crippen molar-refractivity contribution in [1.29, 1.82) is 0 Å². The van der Waals surface area contributed by atoms with Crippen LogP contribution in [0.1, 0.15) is 47.5 Å². The molecule has 0 aromatic carbocycles. The molecule has 0 bridgehead atoms. The molecule has 0 saturated heterocycles. The molecule has 0 unspecified atom stereocenters. The van der Waals surface area contributed by atoms with Gasteiger partial charge in [-0.15, -0.1) is 0 Å². The predicted octanol–water partition coefficient (Wildman–Crippen LogP) is 2.34. The lowest BCUT2D eigenvalue weighted by molar-refractivity contribution is -0.151. The van der Waals surface area contributed by atoms with Crippen molar-refractivity contribution >= 4 is 12.1 Å². The number of carbonyl (C=O) groups is 2. The van der Waals surface area contributed by atoms with Gasteiger partial charge in [0, 0.05) is 6.54 Å². The van der Waals surface area contributed by atoms with E-state index >= 15 is 0 Å². The molecule has 104 valence electrons. The molecule has 0 spiro atoms. The molecule has 5 heteroatoms. The Kier molecular flexibility index (Phi) is 4.24. The molecule has 1 aliphatic rings. The lowest BCUT2D eigenvalue weighted by Crippen LogP contribution is -2.49. The summed E-state index contributed by atoms with van der Waals surface area (Å²) < 4.78 is 10.4. The molecule has 1 amide bonds. The van der Waals surface area contributed by atoms with Crippen LogP contribution in [0.4, 0.5) is 4.79 Å². The largest absolute Gasteiger partial charge is 0.464 e. The zero-order valence-corrected chi connectivity index (χ0v) is 11.9. The second-order valence-corrected chi connectivity index (χ2v) is 5.48. The van der Waals surface area contributed by atoms with E-state index in [2.05, 4.69) is 0 Å². The summed E-state index contributed by atoms with van der Waals surface area (Å²) in [5.74, 6) is -0.322. The quantitative estimate of drug-likeness (QED) is 0.725. The number of ether oxygens (including phenoxy) is 2. The number of amides is 1. The van der Waals surface area contributed by atoms with Gasteiger partial charge in [-0.25, -0.2) is 9.59 Å². The summed E-state index contributed by atoms with van der Waals surface area (Å²) in [7, 11) is 0. The van der Waals surface area contributed by atoms with Crippen molar-refractivity contribution in [2.45, 2.75) is 58.6 Å². The average Bonchev–Trinajstić information content (AvgIpc) is 2.98. The van der Waals surface area contributed by atoms with Crippen LogP contribution in [0, 0.1) is 0 Å². The van der Waals surface area contributed by atoms with Crippen molar-refractivity contribution in [3.63, 3.8) is 0 Å². The molecule has 0 aromatic rings. The zero-order valence-electron chi connectivity index (χ0n) is 11.9. The second-order valence-electron chi connectivity index (χ2n) is 5.48. The highest BCUT2D eigenvalue weighted by atomic mass is 16.6. The Hall–Kier alpha value is -1.26. The Labute approximate surface area is 108 Å². The highest BCUT2D eigenvalue weighted by Gasteiger charge is 2.58. The van der Waals surface area contributed by atoms with Crippen LogP contribution in [0.3, 0.4) is 0 Å². The van der Waals surface area contributed by atoms with Crippen LogP contribution in [0.5, 0.6) is 0 Å². The summed E-state index contributed by atoms with van der Waals surface area (Å²) in [6.07, 6.45) is 0.855. The van der Waals surface area contributed by atoms with Crippen molar-refractivity contribution in [3.05, 3.63) is 0 Å². The molecule has 18 heavy (non-hydrogen) atoms. The van der Waals surface area contributed by atoms with Crippen LogP contribution >= 0.6 is 0 Å². The third-order valence-corrected chi connectivity index (χ3v) is 2.83. The maximum Gasteiger partial charge on any atom is 0.411 e. The Balaban J connectivity index is 2.77. The van der Waals surface area contributed by atoms with Gasteiger partial charge in [0.2, 0.25) is 0 Å². The number of carbonyl (C=O) groups excluding carboxylic acids is 2. The molecule has 0 radical (unpaired) electrons. The van der Waals surface area contributed by atoms with Crippen molar-refractivity contribution in [2.75, 3.05) is 13.2 Å². The fourth-order valence-electron chi connectivity index (χ4n) is 1.89. The highest BCUT2D eigenvalue weighted by Crippen LogP contribution is 2.43. The lowest BCUT2D eigenvalue weighted by Gasteiger charge is -2.31. The minimum Gasteiger partial charge on any atom is -0.464 e. The van der Waals surface area contributed by atoms with Gasteiger partial charge in [0.25, 0.3) is 0 Å². The van der Waals surface area contributed by atoms with Crippen molar-refractivity contribution < 1.29 is 19.1 Å². The molecule has 1 fully saturated rings. The van der Waals surface area contributed by atoms with E-state index in [4.69, 9.17) is 9.47 Å². The monoisotopic (exact) mass is 257 g/mol. The summed E-state index contributed by atoms with van der Waals surface area (Å²) in [6.45, 7) is 9.79. The molecule has 0 atom stereocenters. The van der Waals surface area contributed by atoms with Crippen LogP contribution < -0.4 is 0 Å². The fraction of sp³-hybridized carbons (Fsp3) is 0.846. The molecule has 1 rings (SSSR count). The highest BCUT2D eigenvalue weighted by molar-refractivity contribution is 5.88. The number of rotatable bonds is 4. The maximum absolute atomic E-state index is 12.1. The molecule has 0 aromatic heterocycles. The van der Waals surface area contributed by atoms with Gasteiger partial charge in [-0.3, -0.25) is 4.90 Å². The van der Waals surface area contributed by atoms with Gasteiger partial charge >= 0.3 is 12.1 Å². The number of hydrogen-bond donors (Lipinski definition) is 0. The summed E-state index contributed by atoms with van der Waals surface area (Å²) in [4.78, 5) is 25.5. The van der Waals surface area contributed by atoms with E-state index in [0.717, 1.165) is 0 Å². The molecule has 0 heterocycles. The standard InChI is InChI=1S/C13H23NO4/c1-6-14(11(16)18-12(3,4)5)13(8-9-13)10(15)17-7-2/h6-9H2,1-5H3. The van der Waals surface area contributed by atoms with Gasteiger partial charge < -0.3 is 9.47 Å². The van der Waals surface area contributed by atoms with E-state index in [1.54, 1.807) is 6.92 Å². The molecule has 5 nitrogen and oxygen atoms in total. The molecule has 0 aliphatic heterocycles. The molecule has 1 aliphatic carbocycles. The topological polar surface area (TPSA) is 55.8 Å². The molecular formula is C13H23NO4. The van der Waals surface area contributed by atoms with Gasteiger partial charge in [-0.1, -0.05) is 0 Å². The third kappa shape index (κ3) is 3.15. The van der Waals surface area contributed by atoms with E-state index in [0.29, 0.717) is 26.0 Å². The van der Waals surface area contributed by atoms with E-state index in [1.165, 1.54) is 4.90 Å². The van der Waals surface area contributed by atoms with Crippen LogP contribution in [0.15, 0.2) is 0 Å². The van der Waals surface area contributed by atoms with Crippen molar-refractivity contribution in [2.24, 2.45) is 0 Å². The minimum atomic E-state index is -0.785. The zero-order chi connectivity index (χ0) is 14.0. The van der Waals surface area contributed by atoms with Gasteiger partial charge in [-0.2, -0.15) is 0 Å². The number of hydrogen-bond acceptors (Lipinski definition) is 4. The van der Waals surface area contributed by atoms with Gasteiger partial charge in [-0.05, 0) is 47.5 Å². The van der Waals surface area contributed by atoms with Gasteiger partial charge in [0.15, 0.2) is 0 Å². The second kappa shape index (κ2) is 5.16. The van der Waals surface area contributed by atoms with Crippen molar-refractivity contribution in [1.82, 2.24) is 4.90 Å². The summed E-state index contributed by atoms with van der Waals surface area (Å²) in [5.41, 5.74) is -1.34. The Bertz CT molecular complexity index is 328. The predicted molar refractivity (Wildman–Crippen MR) is 67.2 cm³/mol. The van der Waals surface area contributed by atoms with E-state index in [-0.39, 0.29) is 5.97 Å². The lowest BCUT2D eigenvalue weighted by atomic mass is 10.2. The third-order valence-electron chi connectivity index (χ3n) is 2.83. The van der Waals surface area contributed by atoms with Gasteiger partial charge in [0.1, 0.15) is 11.1 Å². The molecule has 0 N–H and O–H groups in total. The Morgan fingerprint density at radius 3 is 2.11 bits per heavy atom. The Morgan fingerprint density at radius 1 is 1.22 bits per heavy atom. The van der Waals surface area contributed by atoms with Crippen LogP contribution in [0.2, 0.25) is 0 Å². The number of likely N-dealkylation sites (N-methyl/N-ethyl adjacent to an activating group) is 1. The van der Waals surface area contributed by atoms with Crippen LogP contribution in [0.25, 0.3) is 0 Å². The first-order chi connectivity index (χ1) is 8.27. The normalized spacial score (nSPS) is 16.9. The SMILES string of the molecule is CCOC(=O)C1(N(CC)C(=O)OC(C)(C)C)CC1. The summed E-state index contributed by atoms with van der Waals surface area (Å²) >= 11 is 0. The van der Waals surface area contributed by atoms with Crippen molar-refractivity contribution in [3.8, 4) is 0 Å². The average molecular weight is 257 g/mol. The minimum absolute atomic E-state index is 0.322. The first kappa shape index (κ1) is 14.8. The van der Waals surface area contributed by atoms with Crippen LogP contribution in [-0.4, -0.2) is 41.3 Å². The Morgan fingerprint density at radius 2 is 1.78 bits per heavy atom. The van der Waals surface area contributed by atoms with E-state index in [9.17, 15) is 9.59 Å². The molecular weight excluding hydrogens is 234 g/mol. The first-order valence-corrected chi connectivity index (χ1v) is 6.44. The maximum atomic E-state index is 12.1. The summed E-state index contributed by atoms with van der Waals surface area (Å²) in [6, 6.07) is 0. The first-order valence-electron chi connectivity index (χ1n) is 6.44. The smallest absolute Gasteiger partial charge is 0.411 e.